The number of rotatable bonds is 4. The molecule has 172 valence electrons. The fraction of sp³-hybridized carbons (Fsp3) is 0.500. The average Bonchev–Trinajstić information content (AvgIpc) is 3.44. The van der Waals surface area contributed by atoms with Gasteiger partial charge in [-0.05, 0) is 49.3 Å². The zero-order valence-corrected chi connectivity index (χ0v) is 19.1. The van der Waals surface area contributed by atoms with E-state index in [0.717, 1.165) is 31.2 Å². The maximum Gasteiger partial charge on any atom is 0.276 e. The molecular formula is C24H26ClN5O3. The number of piperazine rings is 1. The summed E-state index contributed by atoms with van der Waals surface area (Å²) in [6.07, 6.45) is 11.0. The lowest BCUT2D eigenvalue weighted by atomic mass is 9.93. The Hall–Kier alpha value is -2.87. The highest BCUT2D eigenvalue weighted by molar-refractivity contribution is 6.37. The molecule has 3 fully saturated rings. The third-order valence-electron chi connectivity index (χ3n) is 7.19. The Morgan fingerprint density at radius 2 is 1.91 bits per heavy atom. The van der Waals surface area contributed by atoms with Gasteiger partial charge in [-0.3, -0.25) is 9.59 Å². The number of aromatic nitrogens is 3. The fourth-order valence-electron chi connectivity index (χ4n) is 5.23. The van der Waals surface area contributed by atoms with Gasteiger partial charge in [-0.1, -0.05) is 30.9 Å². The first-order valence-corrected chi connectivity index (χ1v) is 12.2. The van der Waals surface area contributed by atoms with Gasteiger partial charge in [0.15, 0.2) is 17.8 Å². The topological polar surface area (TPSA) is 84.0 Å². The molecule has 0 aromatic carbocycles. The van der Waals surface area contributed by atoms with Crippen LogP contribution in [0.5, 0.6) is 0 Å². The van der Waals surface area contributed by atoms with E-state index in [1.807, 2.05) is 17.0 Å². The molecule has 2 saturated carbocycles. The van der Waals surface area contributed by atoms with Crippen LogP contribution in [0.15, 0.2) is 29.1 Å². The summed E-state index contributed by atoms with van der Waals surface area (Å²) in [6.45, 7) is 1.13. The van der Waals surface area contributed by atoms with Gasteiger partial charge in [0, 0.05) is 19.1 Å². The van der Waals surface area contributed by atoms with Gasteiger partial charge in [0.25, 0.3) is 5.91 Å². The van der Waals surface area contributed by atoms with Crippen molar-refractivity contribution >= 4 is 28.9 Å². The van der Waals surface area contributed by atoms with E-state index >= 15 is 0 Å². The predicted molar refractivity (Wildman–Crippen MR) is 122 cm³/mol. The number of carbonyl (C=O) groups excluding carboxylic acids is 2. The molecule has 3 aromatic heterocycles. The van der Waals surface area contributed by atoms with Crippen LogP contribution in [-0.4, -0.2) is 61.9 Å². The molecule has 2 aliphatic carbocycles. The van der Waals surface area contributed by atoms with Gasteiger partial charge in [-0.2, -0.15) is 5.10 Å². The number of oxazole rings is 1. The van der Waals surface area contributed by atoms with Gasteiger partial charge < -0.3 is 14.2 Å². The van der Waals surface area contributed by atoms with E-state index in [0.29, 0.717) is 47.0 Å². The third-order valence-corrected chi connectivity index (χ3v) is 7.56. The molecule has 0 bridgehead atoms. The molecule has 0 spiro atoms. The van der Waals surface area contributed by atoms with Crippen LogP contribution >= 0.6 is 11.6 Å². The Morgan fingerprint density at radius 1 is 1.09 bits per heavy atom. The molecule has 0 radical (unpaired) electrons. The van der Waals surface area contributed by atoms with Crippen molar-refractivity contribution in [1.29, 1.82) is 0 Å². The van der Waals surface area contributed by atoms with Crippen LogP contribution < -0.4 is 0 Å². The van der Waals surface area contributed by atoms with Crippen LogP contribution in [0.25, 0.3) is 17.0 Å². The van der Waals surface area contributed by atoms with E-state index in [2.05, 4.69) is 10.1 Å². The van der Waals surface area contributed by atoms with E-state index in [4.69, 9.17) is 16.0 Å². The Morgan fingerprint density at radius 3 is 2.61 bits per heavy atom. The molecule has 0 unspecified atom stereocenters. The summed E-state index contributed by atoms with van der Waals surface area (Å²) in [7, 11) is 0. The number of carbonyl (C=O) groups is 2. The van der Waals surface area contributed by atoms with Gasteiger partial charge in [0.05, 0.1) is 16.7 Å². The maximum absolute atomic E-state index is 13.4. The SMILES string of the molecule is O=C(c1nn2c(-c3cnco3)cc(C3CC3)cc2c1Cl)N1CCN(C2CCCCC2)C(=O)C1. The molecule has 1 aliphatic heterocycles. The zero-order valence-electron chi connectivity index (χ0n) is 18.4. The molecule has 9 heteroatoms. The molecular weight excluding hydrogens is 442 g/mol. The van der Waals surface area contributed by atoms with Crippen molar-refractivity contribution in [2.45, 2.75) is 56.9 Å². The molecule has 3 aliphatic rings. The first kappa shape index (κ1) is 20.7. The quantitative estimate of drug-likeness (QED) is 0.575. The highest BCUT2D eigenvalue weighted by Gasteiger charge is 2.35. The summed E-state index contributed by atoms with van der Waals surface area (Å²) >= 11 is 6.72. The van der Waals surface area contributed by atoms with Crippen LogP contribution in [0.3, 0.4) is 0 Å². The van der Waals surface area contributed by atoms with Crippen LogP contribution in [0.1, 0.15) is 66.9 Å². The predicted octanol–water partition coefficient (Wildman–Crippen LogP) is 4.14. The van der Waals surface area contributed by atoms with Gasteiger partial charge >= 0.3 is 0 Å². The molecule has 8 nitrogen and oxygen atoms in total. The van der Waals surface area contributed by atoms with Gasteiger partial charge in [-0.15, -0.1) is 0 Å². The minimum atomic E-state index is -0.308. The monoisotopic (exact) mass is 467 g/mol. The molecule has 33 heavy (non-hydrogen) atoms. The smallest absolute Gasteiger partial charge is 0.276 e. The first-order valence-electron chi connectivity index (χ1n) is 11.8. The summed E-state index contributed by atoms with van der Waals surface area (Å²) in [5, 5.41) is 4.89. The van der Waals surface area contributed by atoms with Crippen LogP contribution in [0.4, 0.5) is 0 Å². The fourth-order valence-corrected chi connectivity index (χ4v) is 5.49. The third kappa shape index (κ3) is 3.70. The van der Waals surface area contributed by atoms with Crippen LogP contribution in [0.2, 0.25) is 5.02 Å². The number of hydrogen-bond acceptors (Lipinski definition) is 5. The van der Waals surface area contributed by atoms with Gasteiger partial charge in [-0.25, -0.2) is 9.50 Å². The van der Waals surface area contributed by atoms with E-state index in [1.54, 1.807) is 15.6 Å². The largest absolute Gasteiger partial charge is 0.442 e. The van der Waals surface area contributed by atoms with Crippen molar-refractivity contribution in [2.24, 2.45) is 0 Å². The van der Waals surface area contributed by atoms with Crippen molar-refractivity contribution in [1.82, 2.24) is 24.4 Å². The molecule has 0 atom stereocenters. The summed E-state index contributed by atoms with van der Waals surface area (Å²) in [6, 6.07) is 4.36. The van der Waals surface area contributed by atoms with Crippen LogP contribution in [-0.2, 0) is 4.79 Å². The summed E-state index contributed by atoms with van der Waals surface area (Å²) in [5.41, 5.74) is 2.71. The zero-order chi connectivity index (χ0) is 22.5. The van der Waals surface area contributed by atoms with Crippen molar-refractivity contribution in [3.05, 3.63) is 41.0 Å². The lowest BCUT2D eigenvalue weighted by molar-refractivity contribution is -0.138. The number of hydrogen-bond donors (Lipinski definition) is 0. The van der Waals surface area contributed by atoms with Gasteiger partial charge in [0.1, 0.15) is 12.2 Å². The number of pyridine rings is 1. The second-order valence-corrected chi connectivity index (χ2v) is 9.76. The van der Waals surface area contributed by atoms with Crippen molar-refractivity contribution in [2.75, 3.05) is 19.6 Å². The Bertz CT molecular complexity index is 1210. The van der Waals surface area contributed by atoms with E-state index in [1.165, 1.54) is 25.7 Å². The standard InChI is InChI=1S/C24H26ClN5O3/c25-22-19-11-16(15-6-7-15)10-18(20-12-26-14-33-20)30(19)27-23(22)24(32)28-8-9-29(21(31)13-28)17-4-2-1-3-5-17/h10-12,14-15,17H,1-9,13H2. The highest BCUT2D eigenvalue weighted by atomic mass is 35.5. The number of halogens is 1. The Labute approximate surface area is 196 Å². The summed E-state index contributed by atoms with van der Waals surface area (Å²) < 4.78 is 7.19. The van der Waals surface area contributed by atoms with Crippen molar-refractivity contribution in [3.8, 4) is 11.5 Å². The average molecular weight is 468 g/mol. The van der Waals surface area contributed by atoms with Crippen molar-refractivity contribution < 1.29 is 14.0 Å². The normalized spacial score (nSPS) is 20.1. The maximum atomic E-state index is 13.4. The highest BCUT2D eigenvalue weighted by Crippen LogP contribution is 2.42. The summed E-state index contributed by atoms with van der Waals surface area (Å²) in [5.74, 6) is 0.765. The van der Waals surface area contributed by atoms with E-state index < -0.39 is 0 Å². The molecule has 6 rings (SSSR count). The second-order valence-electron chi connectivity index (χ2n) is 9.38. The van der Waals surface area contributed by atoms with E-state index in [9.17, 15) is 9.59 Å². The summed E-state index contributed by atoms with van der Waals surface area (Å²) in [4.78, 5) is 33.9. The molecule has 4 heterocycles. The second kappa shape index (κ2) is 8.17. The minimum Gasteiger partial charge on any atom is -0.442 e. The number of nitrogens with zero attached hydrogens (tertiary/aromatic N) is 5. The lowest BCUT2D eigenvalue weighted by Gasteiger charge is -2.40. The minimum absolute atomic E-state index is 0.0137. The Kier molecular flexibility index (Phi) is 5.13. The molecule has 0 N–H and O–H groups in total. The number of fused-ring (bicyclic) bond motifs is 1. The van der Waals surface area contributed by atoms with Crippen LogP contribution in [0, 0.1) is 0 Å². The molecule has 1 saturated heterocycles. The first-order chi connectivity index (χ1) is 16.1. The van der Waals surface area contributed by atoms with E-state index in [-0.39, 0.29) is 24.1 Å². The van der Waals surface area contributed by atoms with Gasteiger partial charge in [0.2, 0.25) is 5.91 Å². The van der Waals surface area contributed by atoms with Crippen molar-refractivity contribution in [3.63, 3.8) is 0 Å². The number of amides is 2. The molecule has 3 aromatic rings. The Balaban J connectivity index is 1.30. The molecule has 2 amide bonds. The lowest BCUT2D eigenvalue weighted by Crippen LogP contribution is -2.55.